The lowest BCUT2D eigenvalue weighted by Crippen LogP contribution is -2.46. The minimum atomic E-state index is -0.941. The van der Waals surface area contributed by atoms with Gasteiger partial charge < -0.3 is 10.1 Å². The molecular formula is C26H28N6O3. The summed E-state index contributed by atoms with van der Waals surface area (Å²) in [6, 6.07) is 15.9. The summed E-state index contributed by atoms with van der Waals surface area (Å²) < 4.78 is 6.64. The van der Waals surface area contributed by atoms with Crippen LogP contribution >= 0.6 is 0 Å². The third-order valence-electron chi connectivity index (χ3n) is 5.71. The molecule has 9 heteroatoms. The van der Waals surface area contributed by atoms with Crippen LogP contribution in [0.3, 0.4) is 0 Å². The van der Waals surface area contributed by atoms with Gasteiger partial charge in [0.15, 0.2) is 0 Å². The molecule has 0 radical (unpaired) electrons. The molecule has 0 saturated carbocycles. The Morgan fingerprint density at radius 2 is 1.94 bits per heavy atom. The van der Waals surface area contributed by atoms with Crippen molar-refractivity contribution in [2.24, 2.45) is 0 Å². The van der Waals surface area contributed by atoms with E-state index in [1.807, 2.05) is 56.3 Å². The standard InChI is InChI=1S/C26H28N6O3/c1-18-10-11-19(2)23(15-18)32(24(33)17-31-22-9-5-4-8-21(22)29-30-31)25(20-7-6-12-27-16-20)26(34)28-13-14-35-3/h4-12,15-16,25H,13-14,17H2,1-3H3,(H,28,34)/t25-/m1/s1. The van der Waals surface area contributed by atoms with Crippen molar-refractivity contribution in [2.45, 2.75) is 26.4 Å². The van der Waals surface area contributed by atoms with Gasteiger partial charge in [0.25, 0.3) is 0 Å². The van der Waals surface area contributed by atoms with Gasteiger partial charge in [0, 0.05) is 37.3 Å². The Kier molecular flexibility index (Phi) is 7.47. The number of nitrogens with zero attached hydrogens (tertiary/aromatic N) is 5. The van der Waals surface area contributed by atoms with E-state index in [1.54, 1.807) is 36.3 Å². The molecule has 4 aromatic rings. The number of benzene rings is 2. The molecule has 0 aliphatic carbocycles. The Hall–Kier alpha value is -4.11. The number of para-hydroxylation sites is 1. The molecule has 4 rings (SSSR count). The predicted molar refractivity (Wildman–Crippen MR) is 133 cm³/mol. The molecule has 0 bridgehead atoms. The highest BCUT2D eigenvalue weighted by molar-refractivity contribution is 6.02. The van der Waals surface area contributed by atoms with Gasteiger partial charge in [-0.1, -0.05) is 35.5 Å². The Bertz CT molecular complexity index is 1320. The molecule has 0 saturated heterocycles. The van der Waals surface area contributed by atoms with Crippen molar-refractivity contribution in [3.05, 3.63) is 83.7 Å². The van der Waals surface area contributed by atoms with E-state index in [1.165, 1.54) is 4.90 Å². The number of carbonyl (C=O) groups is 2. The van der Waals surface area contributed by atoms with Gasteiger partial charge in [-0.2, -0.15) is 0 Å². The number of carbonyl (C=O) groups excluding carboxylic acids is 2. The third-order valence-corrected chi connectivity index (χ3v) is 5.71. The number of nitrogens with one attached hydrogen (secondary N) is 1. The third kappa shape index (κ3) is 5.36. The maximum absolute atomic E-state index is 14.0. The van der Waals surface area contributed by atoms with Crippen molar-refractivity contribution < 1.29 is 14.3 Å². The summed E-state index contributed by atoms with van der Waals surface area (Å²) in [5.41, 5.74) is 4.52. The largest absolute Gasteiger partial charge is 0.383 e. The van der Waals surface area contributed by atoms with Gasteiger partial charge in [-0.3, -0.25) is 19.5 Å². The minimum Gasteiger partial charge on any atom is -0.383 e. The summed E-state index contributed by atoms with van der Waals surface area (Å²) in [4.78, 5) is 33.3. The number of rotatable bonds is 9. The van der Waals surface area contributed by atoms with E-state index in [-0.39, 0.29) is 18.4 Å². The molecule has 1 N–H and O–H groups in total. The van der Waals surface area contributed by atoms with Crippen LogP contribution in [0, 0.1) is 13.8 Å². The average Bonchev–Trinajstić information content (AvgIpc) is 3.27. The number of pyridine rings is 1. The predicted octanol–water partition coefficient (Wildman–Crippen LogP) is 2.98. The topological polar surface area (TPSA) is 102 Å². The van der Waals surface area contributed by atoms with Gasteiger partial charge in [0.05, 0.1) is 12.1 Å². The molecular weight excluding hydrogens is 444 g/mol. The zero-order valence-electron chi connectivity index (χ0n) is 20.0. The zero-order valence-corrected chi connectivity index (χ0v) is 20.0. The van der Waals surface area contributed by atoms with E-state index in [2.05, 4.69) is 20.6 Å². The number of fused-ring (bicyclic) bond motifs is 1. The highest BCUT2D eigenvalue weighted by Crippen LogP contribution is 2.31. The number of ether oxygens (including phenoxy) is 1. The molecule has 2 aromatic carbocycles. The van der Waals surface area contributed by atoms with Crippen LogP contribution in [0.2, 0.25) is 0 Å². The molecule has 35 heavy (non-hydrogen) atoms. The monoisotopic (exact) mass is 472 g/mol. The van der Waals surface area contributed by atoms with E-state index in [0.717, 1.165) is 16.6 Å². The lowest BCUT2D eigenvalue weighted by Gasteiger charge is -2.32. The maximum atomic E-state index is 14.0. The minimum absolute atomic E-state index is 0.0873. The normalized spacial score (nSPS) is 11.9. The van der Waals surface area contributed by atoms with Gasteiger partial charge >= 0.3 is 0 Å². The van der Waals surface area contributed by atoms with E-state index in [4.69, 9.17) is 4.74 Å². The van der Waals surface area contributed by atoms with Crippen molar-refractivity contribution in [1.29, 1.82) is 0 Å². The van der Waals surface area contributed by atoms with E-state index in [9.17, 15) is 9.59 Å². The molecule has 1 atom stereocenters. The van der Waals surface area contributed by atoms with Crippen molar-refractivity contribution in [1.82, 2.24) is 25.3 Å². The molecule has 9 nitrogen and oxygen atoms in total. The molecule has 0 unspecified atom stereocenters. The highest BCUT2D eigenvalue weighted by Gasteiger charge is 2.34. The number of hydrogen-bond donors (Lipinski definition) is 1. The number of aromatic nitrogens is 4. The molecule has 2 amide bonds. The van der Waals surface area contributed by atoms with Crippen LogP contribution in [0.25, 0.3) is 11.0 Å². The van der Waals surface area contributed by atoms with Crippen molar-refractivity contribution in [3.8, 4) is 0 Å². The summed E-state index contributed by atoms with van der Waals surface area (Å²) in [5.74, 6) is -0.627. The van der Waals surface area contributed by atoms with Gasteiger partial charge in [-0.15, -0.1) is 5.10 Å². The number of methoxy groups -OCH3 is 1. The molecule has 0 spiro atoms. The van der Waals surface area contributed by atoms with Crippen LogP contribution in [-0.4, -0.2) is 52.1 Å². The van der Waals surface area contributed by atoms with Crippen LogP contribution in [-0.2, 0) is 20.9 Å². The van der Waals surface area contributed by atoms with Crippen molar-refractivity contribution in [3.63, 3.8) is 0 Å². The van der Waals surface area contributed by atoms with E-state index in [0.29, 0.717) is 29.9 Å². The highest BCUT2D eigenvalue weighted by atomic mass is 16.5. The van der Waals surface area contributed by atoms with Crippen LogP contribution < -0.4 is 10.2 Å². The summed E-state index contributed by atoms with van der Waals surface area (Å²) in [7, 11) is 1.57. The fourth-order valence-corrected chi connectivity index (χ4v) is 3.96. The molecule has 0 fully saturated rings. The molecule has 0 aliphatic rings. The zero-order chi connectivity index (χ0) is 24.8. The Morgan fingerprint density at radius 3 is 2.71 bits per heavy atom. The van der Waals surface area contributed by atoms with Crippen LogP contribution in [0.4, 0.5) is 5.69 Å². The van der Waals surface area contributed by atoms with Crippen molar-refractivity contribution >= 4 is 28.5 Å². The molecule has 2 aromatic heterocycles. The lowest BCUT2D eigenvalue weighted by atomic mass is 10.0. The van der Waals surface area contributed by atoms with E-state index < -0.39 is 6.04 Å². The molecule has 0 aliphatic heterocycles. The second-order valence-electron chi connectivity index (χ2n) is 8.26. The summed E-state index contributed by atoms with van der Waals surface area (Å²) in [6.45, 7) is 4.45. The van der Waals surface area contributed by atoms with E-state index >= 15 is 0 Å². The fourth-order valence-electron chi connectivity index (χ4n) is 3.96. The second-order valence-corrected chi connectivity index (χ2v) is 8.26. The Morgan fingerprint density at radius 1 is 1.11 bits per heavy atom. The maximum Gasteiger partial charge on any atom is 0.249 e. The Balaban J connectivity index is 1.80. The van der Waals surface area contributed by atoms with Crippen LogP contribution in [0.1, 0.15) is 22.7 Å². The SMILES string of the molecule is COCCNC(=O)[C@@H](c1cccnc1)N(C(=O)Cn1nnc2ccccc21)c1cc(C)ccc1C. The lowest BCUT2D eigenvalue weighted by molar-refractivity contribution is -0.127. The summed E-state index contributed by atoms with van der Waals surface area (Å²) >= 11 is 0. The van der Waals surface area contributed by atoms with Gasteiger partial charge in [0.2, 0.25) is 11.8 Å². The first-order chi connectivity index (χ1) is 17.0. The first-order valence-electron chi connectivity index (χ1n) is 11.3. The summed E-state index contributed by atoms with van der Waals surface area (Å²) in [6.07, 6.45) is 3.24. The van der Waals surface area contributed by atoms with Gasteiger partial charge in [-0.25, -0.2) is 4.68 Å². The smallest absolute Gasteiger partial charge is 0.249 e. The number of anilines is 1. The number of amides is 2. The fraction of sp³-hybridized carbons (Fsp3) is 0.269. The summed E-state index contributed by atoms with van der Waals surface area (Å²) in [5, 5.41) is 11.2. The number of aryl methyl sites for hydroxylation is 2. The van der Waals surface area contributed by atoms with Gasteiger partial charge in [0.1, 0.15) is 18.1 Å². The average molecular weight is 473 g/mol. The van der Waals surface area contributed by atoms with Crippen LogP contribution in [0.5, 0.6) is 0 Å². The first-order valence-corrected chi connectivity index (χ1v) is 11.3. The van der Waals surface area contributed by atoms with Gasteiger partial charge in [-0.05, 0) is 49.2 Å². The quantitative estimate of drug-likeness (QED) is 0.376. The number of hydrogen-bond acceptors (Lipinski definition) is 6. The van der Waals surface area contributed by atoms with Crippen LogP contribution in [0.15, 0.2) is 67.0 Å². The van der Waals surface area contributed by atoms with Crippen molar-refractivity contribution in [2.75, 3.05) is 25.2 Å². The molecule has 2 heterocycles. The Labute approximate surface area is 203 Å². The first kappa shape index (κ1) is 24.0. The molecule has 180 valence electrons. The second kappa shape index (κ2) is 10.9.